The summed E-state index contributed by atoms with van der Waals surface area (Å²) < 4.78 is 7.45. The molecule has 2 rings (SSSR count). The Morgan fingerprint density at radius 1 is 1.53 bits per heavy atom. The Balaban J connectivity index is 1.83. The van der Waals surface area contributed by atoms with Gasteiger partial charge in [-0.05, 0) is 32.8 Å². The van der Waals surface area contributed by atoms with Crippen molar-refractivity contribution >= 4 is 0 Å². The van der Waals surface area contributed by atoms with Gasteiger partial charge in [-0.25, -0.2) is 0 Å². The highest BCUT2D eigenvalue weighted by molar-refractivity contribution is 5.23. The zero-order chi connectivity index (χ0) is 12.3. The number of hydrogen-bond acceptors (Lipinski definition) is 3. The molecule has 4 heteroatoms. The second kappa shape index (κ2) is 5.36. The average molecular weight is 235 g/mol. The lowest BCUT2D eigenvalue weighted by Crippen LogP contribution is -2.29. The molecule has 94 valence electrons. The van der Waals surface area contributed by atoms with E-state index in [-0.39, 0.29) is 0 Å². The van der Waals surface area contributed by atoms with Gasteiger partial charge in [0.05, 0.1) is 12.0 Å². The van der Waals surface area contributed by atoms with E-state index < -0.39 is 0 Å². The minimum absolute atomic E-state index is 0.317. The van der Waals surface area contributed by atoms with Gasteiger partial charge in [0.15, 0.2) is 0 Å². The molecule has 0 amide bonds. The summed E-state index contributed by atoms with van der Waals surface area (Å²) in [6.45, 7) is 5.94. The van der Waals surface area contributed by atoms with Gasteiger partial charge >= 0.3 is 0 Å². The lowest BCUT2D eigenvalue weighted by atomic mass is 10.1. The normalized spacial score (nSPS) is 19.4. The fourth-order valence-corrected chi connectivity index (χ4v) is 2.17. The SMILES string of the molecule is Cc1nn(C)c(C)c1CNCC1CCC=CO1. The number of allylic oxidation sites excluding steroid dienone is 1. The first kappa shape index (κ1) is 12.2. The van der Waals surface area contributed by atoms with Crippen LogP contribution in [-0.4, -0.2) is 22.4 Å². The number of aromatic nitrogens is 2. The lowest BCUT2D eigenvalue weighted by Gasteiger charge is -2.19. The third-order valence-corrected chi connectivity index (χ3v) is 3.36. The molecular weight excluding hydrogens is 214 g/mol. The highest BCUT2D eigenvalue weighted by atomic mass is 16.5. The zero-order valence-corrected chi connectivity index (χ0v) is 10.9. The first-order chi connectivity index (χ1) is 8.18. The van der Waals surface area contributed by atoms with Gasteiger partial charge in [0.1, 0.15) is 6.10 Å². The predicted molar refractivity (Wildman–Crippen MR) is 67.6 cm³/mol. The molecule has 0 saturated heterocycles. The summed E-state index contributed by atoms with van der Waals surface area (Å²) in [5, 5.41) is 7.86. The quantitative estimate of drug-likeness (QED) is 0.865. The Morgan fingerprint density at radius 3 is 2.94 bits per heavy atom. The summed E-state index contributed by atoms with van der Waals surface area (Å²) in [5.74, 6) is 0. The van der Waals surface area contributed by atoms with Gasteiger partial charge < -0.3 is 10.1 Å². The van der Waals surface area contributed by atoms with E-state index in [1.165, 1.54) is 11.3 Å². The average Bonchev–Trinajstić information content (AvgIpc) is 2.57. The third kappa shape index (κ3) is 2.88. The molecule has 1 aliphatic rings. The van der Waals surface area contributed by atoms with Crippen LogP contribution in [0, 0.1) is 13.8 Å². The predicted octanol–water partition coefficient (Wildman–Crippen LogP) is 1.82. The van der Waals surface area contributed by atoms with Crippen molar-refractivity contribution in [2.24, 2.45) is 7.05 Å². The van der Waals surface area contributed by atoms with Crippen molar-refractivity contribution in [3.63, 3.8) is 0 Å². The number of ether oxygens (including phenoxy) is 1. The maximum absolute atomic E-state index is 5.52. The first-order valence-electron chi connectivity index (χ1n) is 6.18. The second-order valence-corrected chi connectivity index (χ2v) is 4.61. The van der Waals surface area contributed by atoms with E-state index in [2.05, 4.69) is 30.3 Å². The summed E-state index contributed by atoms with van der Waals surface area (Å²) in [6, 6.07) is 0. The lowest BCUT2D eigenvalue weighted by molar-refractivity contribution is 0.122. The number of nitrogens with one attached hydrogen (secondary N) is 1. The molecule has 1 aromatic heterocycles. The van der Waals surface area contributed by atoms with E-state index in [1.54, 1.807) is 0 Å². The fraction of sp³-hybridized carbons (Fsp3) is 0.615. The van der Waals surface area contributed by atoms with E-state index in [0.29, 0.717) is 6.10 Å². The Bertz CT molecular complexity index is 409. The van der Waals surface area contributed by atoms with E-state index in [0.717, 1.165) is 31.6 Å². The van der Waals surface area contributed by atoms with Crippen LogP contribution in [0.4, 0.5) is 0 Å². The van der Waals surface area contributed by atoms with Crippen molar-refractivity contribution in [1.29, 1.82) is 0 Å². The standard InChI is InChI=1S/C13H21N3O/c1-10-13(11(2)16(3)15-10)9-14-8-12-6-4-5-7-17-12/h5,7,12,14H,4,6,8-9H2,1-3H3. The van der Waals surface area contributed by atoms with Crippen LogP contribution in [0.5, 0.6) is 0 Å². The monoisotopic (exact) mass is 235 g/mol. The topological polar surface area (TPSA) is 39.1 Å². The largest absolute Gasteiger partial charge is 0.497 e. The van der Waals surface area contributed by atoms with Gasteiger partial charge in [-0.1, -0.05) is 0 Å². The summed E-state index contributed by atoms with van der Waals surface area (Å²) >= 11 is 0. The van der Waals surface area contributed by atoms with Gasteiger partial charge in [-0.3, -0.25) is 4.68 Å². The van der Waals surface area contributed by atoms with Gasteiger partial charge in [0, 0.05) is 31.4 Å². The van der Waals surface area contributed by atoms with Gasteiger partial charge in [0.2, 0.25) is 0 Å². The molecule has 1 N–H and O–H groups in total. The molecule has 0 aliphatic carbocycles. The van der Waals surface area contributed by atoms with E-state index in [9.17, 15) is 0 Å². The highest BCUT2D eigenvalue weighted by Crippen LogP contribution is 2.12. The highest BCUT2D eigenvalue weighted by Gasteiger charge is 2.12. The van der Waals surface area contributed by atoms with Gasteiger partial charge in [-0.2, -0.15) is 5.10 Å². The minimum atomic E-state index is 0.317. The summed E-state index contributed by atoms with van der Waals surface area (Å²) in [7, 11) is 1.99. The zero-order valence-electron chi connectivity index (χ0n) is 10.9. The molecule has 0 radical (unpaired) electrons. The van der Waals surface area contributed by atoms with E-state index >= 15 is 0 Å². The van der Waals surface area contributed by atoms with Crippen molar-refractivity contribution in [1.82, 2.24) is 15.1 Å². The summed E-state index contributed by atoms with van der Waals surface area (Å²) in [5.41, 5.74) is 3.65. The van der Waals surface area contributed by atoms with E-state index in [4.69, 9.17) is 4.74 Å². The smallest absolute Gasteiger partial charge is 0.110 e. The summed E-state index contributed by atoms with van der Waals surface area (Å²) in [4.78, 5) is 0. The van der Waals surface area contributed by atoms with Crippen molar-refractivity contribution in [3.8, 4) is 0 Å². The maximum Gasteiger partial charge on any atom is 0.110 e. The minimum Gasteiger partial charge on any atom is -0.497 e. The second-order valence-electron chi connectivity index (χ2n) is 4.61. The van der Waals surface area contributed by atoms with Crippen LogP contribution in [0.2, 0.25) is 0 Å². The molecule has 1 aromatic rings. The molecule has 1 atom stereocenters. The molecule has 4 nitrogen and oxygen atoms in total. The molecular formula is C13H21N3O. The van der Waals surface area contributed by atoms with Crippen molar-refractivity contribution < 1.29 is 4.74 Å². The first-order valence-corrected chi connectivity index (χ1v) is 6.18. The van der Waals surface area contributed by atoms with Crippen molar-refractivity contribution in [3.05, 3.63) is 29.3 Å². The number of hydrogen-bond donors (Lipinski definition) is 1. The summed E-state index contributed by atoms with van der Waals surface area (Å²) in [6.07, 6.45) is 6.44. The third-order valence-electron chi connectivity index (χ3n) is 3.36. The molecule has 2 heterocycles. The molecule has 17 heavy (non-hydrogen) atoms. The van der Waals surface area contributed by atoms with Crippen molar-refractivity contribution in [2.45, 2.75) is 39.3 Å². The maximum atomic E-state index is 5.52. The van der Waals surface area contributed by atoms with E-state index in [1.807, 2.05) is 18.0 Å². The molecule has 0 aromatic carbocycles. The Morgan fingerprint density at radius 2 is 2.35 bits per heavy atom. The van der Waals surface area contributed by atoms with Crippen molar-refractivity contribution in [2.75, 3.05) is 6.54 Å². The van der Waals surface area contributed by atoms with Gasteiger partial charge in [-0.15, -0.1) is 0 Å². The Labute approximate surface area is 103 Å². The fourth-order valence-electron chi connectivity index (χ4n) is 2.17. The van der Waals surface area contributed by atoms with Crippen LogP contribution >= 0.6 is 0 Å². The van der Waals surface area contributed by atoms with Crippen LogP contribution in [-0.2, 0) is 18.3 Å². The van der Waals surface area contributed by atoms with Crippen LogP contribution in [0.1, 0.15) is 29.8 Å². The van der Waals surface area contributed by atoms with Crippen LogP contribution in [0.25, 0.3) is 0 Å². The van der Waals surface area contributed by atoms with Crippen LogP contribution < -0.4 is 5.32 Å². The van der Waals surface area contributed by atoms with Crippen LogP contribution in [0.15, 0.2) is 12.3 Å². The molecule has 1 aliphatic heterocycles. The molecule has 1 unspecified atom stereocenters. The van der Waals surface area contributed by atoms with Gasteiger partial charge in [0.25, 0.3) is 0 Å². The molecule has 0 spiro atoms. The number of rotatable bonds is 4. The number of nitrogens with zero attached hydrogens (tertiary/aromatic N) is 2. The number of aryl methyl sites for hydroxylation is 2. The Hall–Kier alpha value is -1.29. The molecule has 0 bridgehead atoms. The molecule has 0 fully saturated rings. The molecule has 0 saturated carbocycles. The Kier molecular flexibility index (Phi) is 3.84. The van der Waals surface area contributed by atoms with Crippen LogP contribution in [0.3, 0.4) is 0 Å².